The Labute approximate surface area is 171 Å². The van der Waals surface area contributed by atoms with Gasteiger partial charge < -0.3 is 18.9 Å². The van der Waals surface area contributed by atoms with Crippen LogP contribution in [0.5, 0.6) is 23.3 Å². The van der Waals surface area contributed by atoms with E-state index in [2.05, 4.69) is 19.4 Å². The molecule has 0 spiro atoms. The Morgan fingerprint density at radius 2 is 1.13 bits per heavy atom. The summed E-state index contributed by atoms with van der Waals surface area (Å²) < 4.78 is 20.6. The molecule has 1 heterocycles. The van der Waals surface area contributed by atoms with Crippen molar-refractivity contribution in [1.29, 1.82) is 0 Å². The number of hydrogen-bond donors (Lipinski definition) is 0. The molecule has 0 bridgehead atoms. The summed E-state index contributed by atoms with van der Waals surface area (Å²) in [7, 11) is 2.57. The van der Waals surface area contributed by atoms with Crippen LogP contribution in [0.4, 0.5) is 0 Å². The molecule has 0 unspecified atom stereocenters. The Kier molecular flexibility index (Phi) is 6.33. The van der Waals surface area contributed by atoms with Gasteiger partial charge in [0.25, 0.3) is 0 Å². The third-order valence-electron chi connectivity index (χ3n) is 3.91. The monoisotopic (exact) mass is 408 g/mol. The van der Waals surface area contributed by atoms with Crippen molar-refractivity contribution in [3.8, 4) is 23.3 Å². The quantitative estimate of drug-likeness (QED) is 0.428. The minimum atomic E-state index is -0.480. The van der Waals surface area contributed by atoms with Crippen LogP contribution in [0.15, 0.2) is 54.9 Å². The van der Waals surface area contributed by atoms with Crippen molar-refractivity contribution in [2.75, 3.05) is 14.2 Å². The van der Waals surface area contributed by atoms with Crippen LogP contribution < -0.4 is 9.47 Å². The molecule has 3 aromatic rings. The molecule has 0 aliphatic carbocycles. The topological polar surface area (TPSA) is 114 Å². The molecule has 0 fully saturated rings. The lowest BCUT2D eigenvalue weighted by molar-refractivity contribution is 0.0592. The van der Waals surface area contributed by atoms with E-state index in [1.54, 1.807) is 0 Å². The number of hydrogen-bond acceptors (Lipinski definition) is 9. The van der Waals surface area contributed by atoms with Crippen LogP contribution >= 0.6 is 0 Å². The number of nitrogens with zero attached hydrogens (tertiary/aromatic N) is 2. The van der Waals surface area contributed by atoms with Crippen molar-refractivity contribution in [1.82, 2.24) is 9.97 Å². The van der Waals surface area contributed by atoms with Crippen molar-refractivity contribution in [3.05, 3.63) is 71.5 Å². The van der Waals surface area contributed by atoms with Crippen molar-refractivity contribution in [2.24, 2.45) is 0 Å². The lowest BCUT2D eigenvalue weighted by atomic mass is 10.2. The zero-order valence-corrected chi connectivity index (χ0v) is 16.0. The highest BCUT2D eigenvalue weighted by Crippen LogP contribution is 2.30. The average molecular weight is 408 g/mol. The van der Waals surface area contributed by atoms with Crippen molar-refractivity contribution >= 4 is 18.2 Å². The Morgan fingerprint density at radius 3 is 1.47 bits per heavy atom. The first kappa shape index (κ1) is 20.5. The molecule has 9 nitrogen and oxygen atoms in total. The molecule has 30 heavy (non-hydrogen) atoms. The van der Waals surface area contributed by atoms with Gasteiger partial charge in [0.05, 0.1) is 25.3 Å². The molecule has 0 N–H and O–H groups in total. The molecule has 1 aromatic heterocycles. The highest BCUT2D eigenvalue weighted by Gasteiger charge is 2.16. The minimum Gasteiger partial charge on any atom is -0.465 e. The number of aldehydes is 1. The standard InChI is InChI=1S/C21H16N2O7/c1-27-20(25)13-3-7-15(8-4-13)29-18-17(11-24)19(23-12-22-18)30-16-9-5-14(6-10-16)21(26)28-2/h3-12H,1-2H3. The van der Waals surface area contributed by atoms with E-state index in [1.807, 2.05) is 0 Å². The Hall–Kier alpha value is -4.27. The third-order valence-corrected chi connectivity index (χ3v) is 3.91. The van der Waals surface area contributed by atoms with E-state index in [0.717, 1.165) is 0 Å². The van der Waals surface area contributed by atoms with Gasteiger partial charge in [0.2, 0.25) is 11.8 Å². The van der Waals surface area contributed by atoms with Crippen molar-refractivity contribution in [2.45, 2.75) is 0 Å². The van der Waals surface area contributed by atoms with Gasteiger partial charge in [-0.1, -0.05) is 0 Å². The maximum atomic E-state index is 11.6. The maximum Gasteiger partial charge on any atom is 0.337 e. The first-order valence-corrected chi connectivity index (χ1v) is 8.58. The fraction of sp³-hybridized carbons (Fsp3) is 0.0952. The van der Waals surface area contributed by atoms with Crippen molar-refractivity contribution in [3.63, 3.8) is 0 Å². The van der Waals surface area contributed by atoms with Crippen LogP contribution in [0.1, 0.15) is 31.1 Å². The molecule has 0 radical (unpaired) electrons. The molecule has 0 atom stereocenters. The number of ether oxygens (including phenoxy) is 4. The molecule has 0 aliphatic rings. The maximum absolute atomic E-state index is 11.6. The Balaban J connectivity index is 1.81. The molecule has 2 aromatic carbocycles. The molecule has 152 valence electrons. The first-order valence-electron chi connectivity index (χ1n) is 8.58. The number of benzene rings is 2. The summed E-state index contributed by atoms with van der Waals surface area (Å²) in [6.45, 7) is 0. The van der Waals surface area contributed by atoms with E-state index < -0.39 is 11.9 Å². The van der Waals surface area contributed by atoms with E-state index in [4.69, 9.17) is 9.47 Å². The summed E-state index contributed by atoms with van der Waals surface area (Å²) in [5, 5.41) is 0. The fourth-order valence-corrected chi connectivity index (χ4v) is 2.40. The average Bonchev–Trinajstić information content (AvgIpc) is 2.79. The van der Waals surface area contributed by atoms with E-state index in [-0.39, 0.29) is 17.3 Å². The number of carbonyl (C=O) groups excluding carboxylic acids is 3. The van der Waals surface area contributed by atoms with Gasteiger partial charge in [0.15, 0.2) is 6.29 Å². The number of methoxy groups -OCH3 is 2. The molecular formula is C21H16N2O7. The van der Waals surface area contributed by atoms with Gasteiger partial charge in [-0.2, -0.15) is 0 Å². The van der Waals surface area contributed by atoms with E-state index in [0.29, 0.717) is 28.9 Å². The summed E-state index contributed by atoms with van der Waals surface area (Å²) in [5.74, 6) is -0.313. The SMILES string of the molecule is COC(=O)c1ccc(Oc2ncnc(Oc3ccc(C(=O)OC)cc3)c2C=O)cc1. The number of aromatic nitrogens is 2. The predicted octanol–water partition coefficient (Wildman–Crippen LogP) is 3.45. The molecule has 3 rings (SSSR count). The second-order valence-electron chi connectivity index (χ2n) is 5.75. The number of rotatable bonds is 7. The van der Waals surface area contributed by atoms with Gasteiger partial charge in [-0.05, 0) is 48.5 Å². The highest BCUT2D eigenvalue weighted by atomic mass is 16.5. The largest absolute Gasteiger partial charge is 0.465 e. The van der Waals surface area contributed by atoms with Crippen LogP contribution in [-0.2, 0) is 9.47 Å². The highest BCUT2D eigenvalue weighted by molar-refractivity contribution is 5.90. The van der Waals surface area contributed by atoms with Crippen LogP contribution in [0.25, 0.3) is 0 Å². The zero-order valence-electron chi connectivity index (χ0n) is 16.0. The summed E-state index contributed by atoms with van der Waals surface area (Å²) >= 11 is 0. The second-order valence-corrected chi connectivity index (χ2v) is 5.75. The molecule has 0 saturated heterocycles. The minimum absolute atomic E-state index is 0.00779. The van der Waals surface area contributed by atoms with Gasteiger partial charge in [0, 0.05) is 0 Å². The number of esters is 2. The van der Waals surface area contributed by atoms with Crippen LogP contribution in [0.3, 0.4) is 0 Å². The van der Waals surface area contributed by atoms with E-state index in [1.165, 1.54) is 69.1 Å². The van der Waals surface area contributed by atoms with Crippen LogP contribution in [-0.4, -0.2) is 42.4 Å². The molecule has 0 amide bonds. The third kappa shape index (κ3) is 4.58. The summed E-state index contributed by atoms with van der Waals surface area (Å²) in [6, 6.07) is 12.2. The first-order chi connectivity index (χ1) is 14.5. The number of carbonyl (C=O) groups is 3. The Morgan fingerprint density at radius 1 is 0.733 bits per heavy atom. The normalized spacial score (nSPS) is 10.1. The lowest BCUT2D eigenvalue weighted by Gasteiger charge is -2.11. The van der Waals surface area contributed by atoms with Gasteiger partial charge >= 0.3 is 11.9 Å². The molecular weight excluding hydrogens is 392 g/mol. The van der Waals surface area contributed by atoms with E-state index in [9.17, 15) is 14.4 Å². The second kappa shape index (κ2) is 9.28. The van der Waals surface area contributed by atoms with Crippen LogP contribution in [0.2, 0.25) is 0 Å². The lowest BCUT2D eigenvalue weighted by Crippen LogP contribution is -2.02. The predicted molar refractivity (Wildman–Crippen MR) is 103 cm³/mol. The Bertz CT molecular complexity index is 984. The summed E-state index contributed by atoms with van der Waals surface area (Å²) in [4.78, 5) is 42.6. The van der Waals surface area contributed by atoms with Gasteiger partial charge in [-0.25, -0.2) is 19.6 Å². The van der Waals surface area contributed by atoms with Crippen LogP contribution in [0, 0.1) is 0 Å². The molecule has 9 heteroatoms. The van der Waals surface area contributed by atoms with Gasteiger partial charge in [0.1, 0.15) is 23.4 Å². The van der Waals surface area contributed by atoms with E-state index >= 15 is 0 Å². The zero-order chi connectivity index (χ0) is 21.5. The smallest absolute Gasteiger partial charge is 0.337 e. The van der Waals surface area contributed by atoms with Gasteiger partial charge in [-0.15, -0.1) is 0 Å². The van der Waals surface area contributed by atoms with Crippen molar-refractivity contribution < 1.29 is 33.3 Å². The fourth-order valence-electron chi connectivity index (χ4n) is 2.40. The summed E-state index contributed by atoms with van der Waals surface area (Å²) in [6.07, 6.45) is 1.69. The molecule has 0 aliphatic heterocycles. The molecule has 0 saturated carbocycles. The summed E-state index contributed by atoms with van der Waals surface area (Å²) in [5.41, 5.74) is 0.691. The van der Waals surface area contributed by atoms with Gasteiger partial charge in [-0.3, -0.25) is 4.79 Å².